The first kappa shape index (κ1) is 12.6. The fourth-order valence-corrected chi connectivity index (χ4v) is 2.39. The van der Waals surface area contributed by atoms with Gasteiger partial charge in [-0.3, -0.25) is 4.79 Å². The van der Waals surface area contributed by atoms with Crippen LogP contribution in [0, 0.1) is 0 Å². The van der Waals surface area contributed by atoms with Crippen molar-refractivity contribution >= 4 is 27.5 Å². The largest absolute Gasteiger partial charge is 0.467 e. The van der Waals surface area contributed by atoms with Crippen LogP contribution in [-0.4, -0.2) is 22.5 Å². The number of hydrogen-bond acceptors (Lipinski definition) is 6. The van der Waals surface area contributed by atoms with E-state index in [1.165, 1.54) is 17.7 Å². The second-order valence-electron chi connectivity index (χ2n) is 3.96. The number of nitrogens with one attached hydrogen (secondary N) is 1. The maximum atomic E-state index is 11.7. The molecule has 1 amide bonds. The number of amides is 1. The smallest absolute Gasteiger partial charge is 0.258 e. The Hall–Kier alpha value is -2.41. The molecule has 3 aromatic rings. The van der Waals surface area contributed by atoms with Gasteiger partial charge < -0.3 is 14.5 Å². The minimum atomic E-state index is -0.233. The number of ether oxygens (including phenoxy) is 1. The molecule has 0 aliphatic rings. The molecule has 3 rings (SSSR count). The van der Waals surface area contributed by atoms with Crippen LogP contribution >= 0.6 is 11.3 Å². The van der Waals surface area contributed by atoms with E-state index in [-0.39, 0.29) is 12.5 Å². The highest BCUT2D eigenvalue weighted by Crippen LogP contribution is 2.25. The number of thiophene rings is 1. The number of carbonyl (C=O) groups excluding carboxylic acids is 1. The van der Waals surface area contributed by atoms with Gasteiger partial charge in [-0.2, -0.15) is 0 Å². The molecule has 3 heterocycles. The van der Waals surface area contributed by atoms with Gasteiger partial charge in [-0.15, -0.1) is 11.3 Å². The van der Waals surface area contributed by atoms with Crippen molar-refractivity contribution < 1.29 is 13.9 Å². The van der Waals surface area contributed by atoms with E-state index >= 15 is 0 Å². The summed E-state index contributed by atoms with van der Waals surface area (Å²) in [7, 11) is 0. The zero-order chi connectivity index (χ0) is 13.8. The van der Waals surface area contributed by atoms with Crippen LogP contribution in [0.2, 0.25) is 0 Å². The number of carbonyl (C=O) groups is 1. The maximum absolute atomic E-state index is 11.7. The number of hydrogen-bond donors (Lipinski definition) is 1. The molecule has 0 saturated heterocycles. The molecule has 0 aliphatic carbocycles. The van der Waals surface area contributed by atoms with Crippen molar-refractivity contribution in [2.75, 3.05) is 6.61 Å². The molecule has 3 aromatic heterocycles. The van der Waals surface area contributed by atoms with Crippen molar-refractivity contribution in [3.05, 3.63) is 41.9 Å². The van der Waals surface area contributed by atoms with Crippen LogP contribution < -0.4 is 10.1 Å². The molecule has 0 fully saturated rings. The molecule has 0 saturated carbocycles. The topological polar surface area (TPSA) is 77.2 Å². The van der Waals surface area contributed by atoms with Gasteiger partial charge in [0.15, 0.2) is 6.61 Å². The Morgan fingerprint density at radius 1 is 1.40 bits per heavy atom. The molecule has 0 aliphatic heterocycles. The van der Waals surface area contributed by atoms with Crippen molar-refractivity contribution in [1.82, 2.24) is 15.3 Å². The lowest BCUT2D eigenvalue weighted by atomic mass is 10.4. The molecule has 6 nitrogen and oxygen atoms in total. The summed E-state index contributed by atoms with van der Waals surface area (Å²) in [6, 6.07) is 5.43. The zero-order valence-corrected chi connectivity index (χ0v) is 11.2. The van der Waals surface area contributed by atoms with Gasteiger partial charge in [-0.1, -0.05) is 0 Å². The van der Waals surface area contributed by atoms with E-state index in [9.17, 15) is 4.79 Å². The highest BCUT2D eigenvalue weighted by molar-refractivity contribution is 7.16. The Morgan fingerprint density at radius 3 is 3.20 bits per heavy atom. The summed E-state index contributed by atoms with van der Waals surface area (Å²) in [5.74, 6) is 0.883. The monoisotopic (exact) mass is 289 g/mol. The molecule has 1 N–H and O–H groups in total. The summed E-state index contributed by atoms with van der Waals surface area (Å²) in [6.07, 6.45) is 2.99. The van der Waals surface area contributed by atoms with Crippen LogP contribution in [-0.2, 0) is 11.3 Å². The van der Waals surface area contributed by atoms with E-state index in [1.54, 1.807) is 18.4 Å². The van der Waals surface area contributed by atoms with Crippen molar-refractivity contribution in [3.8, 4) is 5.88 Å². The summed E-state index contributed by atoms with van der Waals surface area (Å²) >= 11 is 1.50. The summed E-state index contributed by atoms with van der Waals surface area (Å²) < 4.78 is 10.5. The average molecular weight is 289 g/mol. The lowest BCUT2D eigenvalue weighted by Crippen LogP contribution is -2.28. The minimum absolute atomic E-state index is 0.0946. The van der Waals surface area contributed by atoms with Gasteiger partial charge in [0.25, 0.3) is 5.91 Å². The van der Waals surface area contributed by atoms with Crippen LogP contribution in [0.3, 0.4) is 0 Å². The van der Waals surface area contributed by atoms with Crippen molar-refractivity contribution in [2.45, 2.75) is 6.54 Å². The van der Waals surface area contributed by atoms with Gasteiger partial charge in [0, 0.05) is 0 Å². The third-order valence-electron chi connectivity index (χ3n) is 2.61. The second-order valence-corrected chi connectivity index (χ2v) is 4.86. The number of rotatable bonds is 5. The number of fused-ring (bicyclic) bond motifs is 1. The molecule has 0 spiro atoms. The Bertz CT molecular complexity index is 709. The molecule has 20 heavy (non-hydrogen) atoms. The average Bonchev–Trinajstić information content (AvgIpc) is 3.13. The fraction of sp³-hybridized carbons (Fsp3) is 0.154. The first-order valence-corrected chi connectivity index (χ1v) is 6.81. The molecule has 7 heteroatoms. The predicted octanol–water partition coefficient (Wildman–Crippen LogP) is 1.98. The predicted molar refractivity (Wildman–Crippen MR) is 73.5 cm³/mol. The molecular formula is C13H11N3O3S. The number of furan rings is 1. The van der Waals surface area contributed by atoms with Gasteiger partial charge >= 0.3 is 0 Å². The van der Waals surface area contributed by atoms with Gasteiger partial charge in [0.2, 0.25) is 5.88 Å². The summed E-state index contributed by atoms with van der Waals surface area (Å²) in [4.78, 5) is 20.7. The first-order chi connectivity index (χ1) is 9.83. The van der Waals surface area contributed by atoms with E-state index < -0.39 is 0 Å². The van der Waals surface area contributed by atoms with Gasteiger partial charge in [0.05, 0.1) is 18.2 Å². The standard InChI is InChI=1S/C13H11N3O3S/c17-11(14-6-9-2-1-4-18-9)7-19-12-10-3-5-20-13(10)16-8-15-12/h1-5,8H,6-7H2,(H,14,17). The van der Waals surface area contributed by atoms with Crippen molar-refractivity contribution in [1.29, 1.82) is 0 Å². The van der Waals surface area contributed by atoms with Crippen LogP contribution in [0.4, 0.5) is 0 Å². The van der Waals surface area contributed by atoms with Crippen LogP contribution in [0.25, 0.3) is 10.2 Å². The molecule has 0 atom stereocenters. The van der Waals surface area contributed by atoms with Crippen molar-refractivity contribution in [3.63, 3.8) is 0 Å². The van der Waals surface area contributed by atoms with E-state index in [4.69, 9.17) is 9.15 Å². The lowest BCUT2D eigenvalue weighted by molar-refractivity contribution is -0.123. The fourth-order valence-electron chi connectivity index (χ4n) is 1.67. The van der Waals surface area contributed by atoms with E-state index in [0.717, 1.165) is 10.2 Å². The van der Waals surface area contributed by atoms with Gasteiger partial charge in [-0.05, 0) is 23.6 Å². The molecular weight excluding hydrogens is 278 g/mol. The molecule has 0 bridgehead atoms. The summed E-state index contributed by atoms with van der Waals surface area (Å²) in [5, 5.41) is 5.42. The van der Waals surface area contributed by atoms with Crippen LogP contribution in [0.15, 0.2) is 40.6 Å². The lowest BCUT2D eigenvalue weighted by Gasteiger charge is -2.06. The van der Waals surface area contributed by atoms with E-state index in [2.05, 4.69) is 15.3 Å². The Balaban J connectivity index is 1.56. The molecule has 102 valence electrons. The quantitative estimate of drug-likeness (QED) is 0.777. The first-order valence-electron chi connectivity index (χ1n) is 5.93. The van der Waals surface area contributed by atoms with Gasteiger partial charge in [-0.25, -0.2) is 9.97 Å². The highest BCUT2D eigenvalue weighted by atomic mass is 32.1. The van der Waals surface area contributed by atoms with Crippen molar-refractivity contribution in [2.24, 2.45) is 0 Å². The minimum Gasteiger partial charge on any atom is -0.467 e. The van der Waals surface area contributed by atoms with E-state index in [0.29, 0.717) is 18.2 Å². The van der Waals surface area contributed by atoms with Gasteiger partial charge in [0.1, 0.15) is 16.9 Å². The highest BCUT2D eigenvalue weighted by Gasteiger charge is 2.08. The molecule has 0 aromatic carbocycles. The SMILES string of the molecule is O=C(COc1ncnc2sccc12)NCc1ccco1. The number of nitrogens with zero attached hydrogens (tertiary/aromatic N) is 2. The second kappa shape index (κ2) is 5.70. The van der Waals surface area contributed by atoms with Crippen LogP contribution in [0.1, 0.15) is 5.76 Å². The zero-order valence-electron chi connectivity index (χ0n) is 10.4. The normalized spacial score (nSPS) is 10.6. The third-order valence-corrected chi connectivity index (χ3v) is 3.43. The Morgan fingerprint density at radius 2 is 2.35 bits per heavy atom. The summed E-state index contributed by atoms with van der Waals surface area (Å²) in [5.41, 5.74) is 0. The molecule has 0 unspecified atom stereocenters. The third kappa shape index (κ3) is 2.77. The summed E-state index contributed by atoms with van der Waals surface area (Å²) in [6.45, 7) is 0.246. The van der Waals surface area contributed by atoms with E-state index in [1.807, 2.05) is 11.4 Å². The Kier molecular flexibility index (Phi) is 3.60. The van der Waals surface area contributed by atoms with Crippen LogP contribution in [0.5, 0.6) is 5.88 Å². The number of aromatic nitrogens is 2. The molecule has 0 radical (unpaired) electrons. The Labute approximate surface area is 118 Å². The maximum Gasteiger partial charge on any atom is 0.258 e.